The minimum Gasteiger partial charge on any atom is -0.481 e. The van der Waals surface area contributed by atoms with Crippen molar-refractivity contribution >= 4 is 29.6 Å². The number of fused-ring (bicyclic) bond motifs is 3. The molecule has 0 radical (unpaired) electrons. The second-order valence-electron chi connectivity index (χ2n) is 13.1. The Kier molecular flexibility index (Phi) is 17.7. The van der Waals surface area contributed by atoms with E-state index in [-0.39, 0.29) is 102 Å². The van der Waals surface area contributed by atoms with Gasteiger partial charge in [0, 0.05) is 38.3 Å². The molecule has 51 heavy (non-hydrogen) atoms. The number of amides is 1. The number of carbonyl (C=O) groups is 5. The van der Waals surface area contributed by atoms with Gasteiger partial charge in [0.15, 0.2) is 5.78 Å². The molecule has 3 rings (SSSR count). The van der Waals surface area contributed by atoms with Crippen molar-refractivity contribution < 1.29 is 57.5 Å². The first-order valence-electron chi connectivity index (χ1n) is 17.3. The molecule has 2 aromatic rings. The van der Waals surface area contributed by atoms with Crippen LogP contribution in [0.3, 0.4) is 0 Å². The lowest BCUT2D eigenvalue weighted by atomic mass is 9.97. The van der Waals surface area contributed by atoms with E-state index >= 15 is 0 Å². The highest BCUT2D eigenvalue weighted by Gasteiger charge is 2.29. The summed E-state index contributed by atoms with van der Waals surface area (Å²) in [5.41, 5.74) is 3.97. The van der Waals surface area contributed by atoms with Crippen molar-refractivity contribution in [2.75, 3.05) is 66.0 Å². The Morgan fingerprint density at radius 1 is 0.765 bits per heavy atom. The summed E-state index contributed by atoms with van der Waals surface area (Å²) in [4.78, 5) is 59.9. The van der Waals surface area contributed by atoms with Gasteiger partial charge in [0.1, 0.15) is 25.4 Å². The Bertz CT molecular complexity index is 1390. The first-order chi connectivity index (χ1) is 24.4. The number of rotatable bonds is 25. The average molecular weight is 714 g/mol. The topological polar surface area (TPSA) is 173 Å². The second-order valence-corrected chi connectivity index (χ2v) is 13.1. The Labute approximate surface area is 299 Å². The van der Waals surface area contributed by atoms with E-state index in [4.69, 9.17) is 33.5 Å². The number of hydrogen-bond acceptors (Lipinski definition) is 11. The first kappa shape index (κ1) is 41.3. The monoisotopic (exact) mass is 713 g/mol. The number of ether oxygens (including phenoxy) is 6. The summed E-state index contributed by atoms with van der Waals surface area (Å²) in [5, 5.41) is 11.6. The van der Waals surface area contributed by atoms with E-state index in [0.717, 1.165) is 0 Å². The van der Waals surface area contributed by atoms with Crippen molar-refractivity contribution in [3.63, 3.8) is 0 Å². The molecule has 0 saturated heterocycles. The number of carbonyl (C=O) groups excluding carboxylic acids is 4. The van der Waals surface area contributed by atoms with E-state index in [9.17, 15) is 24.0 Å². The molecule has 280 valence electrons. The van der Waals surface area contributed by atoms with Crippen molar-refractivity contribution in [2.45, 2.75) is 64.4 Å². The molecule has 2 N–H and O–H groups in total. The summed E-state index contributed by atoms with van der Waals surface area (Å²) >= 11 is 0. The van der Waals surface area contributed by atoms with Crippen LogP contribution < -0.4 is 5.32 Å². The number of carboxylic acids is 1. The molecule has 0 aliphatic heterocycles. The highest BCUT2D eigenvalue weighted by atomic mass is 16.6. The van der Waals surface area contributed by atoms with Gasteiger partial charge >= 0.3 is 17.9 Å². The predicted octanol–water partition coefficient (Wildman–Crippen LogP) is 4.09. The van der Waals surface area contributed by atoms with Crippen molar-refractivity contribution in [3.8, 4) is 11.1 Å². The number of ketones is 1. The van der Waals surface area contributed by atoms with Gasteiger partial charge in [-0.15, -0.1) is 0 Å². The average Bonchev–Trinajstić information content (AvgIpc) is 3.40. The third kappa shape index (κ3) is 15.7. The van der Waals surface area contributed by atoms with Crippen LogP contribution in [0.1, 0.15) is 69.9 Å². The quantitative estimate of drug-likeness (QED) is 0.112. The molecular formula is C38H51NO12. The number of aliphatic carboxylic acids is 1. The van der Waals surface area contributed by atoms with Crippen LogP contribution >= 0.6 is 0 Å². The van der Waals surface area contributed by atoms with E-state index in [0.29, 0.717) is 19.6 Å². The van der Waals surface area contributed by atoms with Crippen molar-refractivity contribution in [2.24, 2.45) is 5.92 Å². The van der Waals surface area contributed by atoms with Crippen LogP contribution in [0.2, 0.25) is 0 Å². The highest BCUT2D eigenvalue weighted by molar-refractivity contribution is 5.85. The van der Waals surface area contributed by atoms with Gasteiger partial charge in [-0.2, -0.15) is 0 Å². The van der Waals surface area contributed by atoms with E-state index in [1.807, 2.05) is 24.3 Å². The zero-order valence-electron chi connectivity index (χ0n) is 29.8. The molecule has 13 heteroatoms. The molecule has 13 nitrogen and oxygen atoms in total. The van der Waals surface area contributed by atoms with Crippen LogP contribution in [-0.2, 0) is 52.4 Å². The van der Waals surface area contributed by atoms with Crippen LogP contribution in [0, 0.1) is 5.92 Å². The minimum absolute atomic E-state index is 0.00282. The Morgan fingerprint density at radius 2 is 1.35 bits per heavy atom. The fraction of sp³-hybridized carbons (Fsp3) is 0.553. The maximum Gasteiger partial charge on any atom is 0.309 e. The number of benzene rings is 2. The Balaban J connectivity index is 1.13. The Morgan fingerprint density at radius 3 is 1.98 bits per heavy atom. The van der Waals surface area contributed by atoms with E-state index < -0.39 is 23.5 Å². The lowest BCUT2D eigenvalue weighted by molar-refractivity contribution is -0.162. The molecule has 1 aliphatic carbocycles. The molecule has 0 fully saturated rings. The van der Waals surface area contributed by atoms with Gasteiger partial charge < -0.3 is 38.8 Å². The fourth-order valence-electron chi connectivity index (χ4n) is 5.43. The number of esters is 2. The summed E-state index contributed by atoms with van der Waals surface area (Å²) in [6.07, 6.45) is 0.335. The summed E-state index contributed by atoms with van der Waals surface area (Å²) in [6, 6.07) is 16.4. The minimum atomic E-state index is -1.06. The van der Waals surface area contributed by atoms with Gasteiger partial charge in [0.2, 0.25) is 5.91 Å². The number of nitrogens with one attached hydrogen (secondary N) is 1. The number of carboxylic acid groups (broad SMARTS) is 1. The third-order valence-corrected chi connectivity index (χ3v) is 7.77. The van der Waals surface area contributed by atoms with Crippen LogP contribution in [-0.4, -0.2) is 106 Å². The molecule has 1 amide bonds. The molecule has 0 aromatic heterocycles. The lowest BCUT2D eigenvalue weighted by Crippen LogP contribution is -2.31. The zero-order valence-corrected chi connectivity index (χ0v) is 29.8. The number of hydrogen-bond donors (Lipinski definition) is 2. The van der Waals surface area contributed by atoms with Gasteiger partial charge in [-0.3, -0.25) is 24.0 Å². The fourth-order valence-corrected chi connectivity index (χ4v) is 5.43. The van der Waals surface area contributed by atoms with Crippen molar-refractivity contribution in [1.82, 2.24) is 5.32 Å². The molecule has 2 aromatic carbocycles. The van der Waals surface area contributed by atoms with Gasteiger partial charge in [-0.1, -0.05) is 48.5 Å². The van der Waals surface area contributed by atoms with Gasteiger partial charge in [-0.25, -0.2) is 0 Å². The van der Waals surface area contributed by atoms with E-state index in [2.05, 4.69) is 29.6 Å². The van der Waals surface area contributed by atoms with Crippen molar-refractivity contribution in [3.05, 3.63) is 59.7 Å². The van der Waals surface area contributed by atoms with Crippen LogP contribution in [0.15, 0.2) is 48.5 Å². The first-order valence-corrected chi connectivity index (χ1v) is 17.3. The highest BCUT2D eigenvalue weighted by Crippen LogP contribution is 2.44. The van der Waals surface area contributed by atoms with Crippen LogP contribution in [0.5, 0.6) is 0 Å². The van der Waals surface area contributed by atoms with Crippen molar-refractivity contribution in [1.29, 1.82) is 0 Å². The molecule has 1 atom stereocenters. The standard InChI is InChI=1S/C38H51NO12/c1-38(2,3)51-37(45)27(14-15-35(42)43)23-28(40)24-48-21-20-47-18-16-39-34(41)26-49-22-19-46-17-8-13-36(44)50-25-33-31-11-6-4-9-29(31)30-10-5-7-12-32(30)33/h4-7,9-12,27,33H,8,13-26H2,1-3H3,(H,39,41)(H,42,43). The molecule has 1 unspecified atom stereocenters. The number of Topliss-reactive ketones (excluding diaryl/α,β-unsaturated/α-hetero) is 1. The summed E-state index contributed by atoms with van der Waals surface area (Å²) in [6.45, 7) is 6.69. The largest absolute Gasteiger partial charge is 0.481 e. The molecule has 0 spiro atoms. The van der Waals surface area contributed by atoms with Gasteiger partial charge in [0.05, 0.1) is 39.0 Å². The lowest BCUT2D eigenvalue weighted by Gasteiger charge is -2.23. The molecule has 0 bridgehead atoms. The third-order valence-electron chi connectivity index (χ3n) is 7.77. The molecule has 1 aliphatic rings. The van der Waals surface area contributed by atoms with Crippen LogP contribution in [0.25, 0.3) is 11.1 Å². The molecular weight excluding hydrogens is 662 g/mol. The molecule has 0 saturated carbocycles. The summed E-state index contributed by atoms with van der Waals surface area (Å²) < 4.78 is 32.4. The van der Waals surface area contributed by atoms with E-state index in [1.54, 1.807) is 20.8 Å². The van der Waals surface area contributed by atoms with E-state index in [1.165, 1.54) is 22.3 Å². The predicted molar refractivity (Wildman–Crippen MR) is 186 cm³/mol. The smallest absolute Gasteiger partial charge is 0.309 e. The zero-order chi connectivity index (χ0) is 37.1. The summed E-state index contributed by atoms with van der Waals surface area (Å²) in [7, 11) is 0. The summed E-state index contributed by atoms with van der Waals surface area (Å²) in [5.74, 6) is -3.42. The normalized spacial score (nSPS) is 12.8. The maximum atomic E-state index is 12.4. The Hall–Kier alpha value is -4.17. The SMILES string of the molecule is CC(C)(C)OC(=O)C(CCC(=O)O)CC(=O)COCCOCCNC(=O)COCCOCCCC(=O)OCC1c2ccccc2-c2ccccc21. The van der Waals surface area contributed by atoms with Gasteiger partial charge in [0.25, 0.3) is 0 Å². The maximum absolute atomic E-state index is 12.4. The van der Waals surface area contributed by atoms with Crippen LogP contribution in [0.4, 0.5) is 0 Å². The second kappa shape index (κ2) is 21.9. The molecule has 0 heterocycles. The van der Waals surface area contributed by atoms with Gasteiger partial charge in [-0.05, 0) is 55.9 Å².